The molecular formula is C24H21F3I2N4Pt. The second-order valence-electron chi connectivity index (χ2n) is 7.30. The Morgan fingerprint density at radius 2 is 1.38 bits per heavy atom. The average molecular weight is 871 g/mol. The zero-order valence-electron chi connectivity index (χ0n) is 17.8. The quantitative estimate of drug-likeness (QED) is 0.166. The summed E-state index contributed by atoms with van der Waals surface area (Å²) in [7, 11) is 0. The number of rotatable bonds is 6. The van der Waals surface area contributed by atoms with Crippen LogP contribution >= 0.6 is 45.7 Å². The van der Waals surface area contributed by atoms with Crippen LogP contribution in [0.4, 0.5) is 13.2 Å². The molecule has 34 heavy (non-hydrogen) atoms. The number of alkyl halides is 3. The first-order valence-corrected chi connectivity index (χ1v) is 13.2. The van der Waals surface area contributed by atoms with E-state index in [1.807, 2.05) is 13.5 Å². The molecule has 0 spiro atoms. The first-order valence-electron chi connectivity index (χ1n) is 10.1. The van der Waals surface area contributed by atoms with Gasteiger partial charge in [0.2, 0.25) is 0 Å². The summed E-state index contributed by atoms with van der Waals surface area (Å²) in [5.74, 6) is 0.997. The van der Waals surface area contributed by atoms with Crippen molar-refractivity contribution >= 4 is 45.7 Å². The van der Waals surface area contributed by atoms with Crippen LogP contribution < -0.4 is 0 Å². The molecule has 0 aliphatic heterocycles. The van der Waals surface area contributed by atoms with Crippen LogP contribution in [0.25, 0.3) is 0 Å². The molecule has 1 heterocycles. The van der Waals surface area contributed by atoms with E-state index in [9.17, 15) is 13.2 Å². The van der Waals surface area contributed by atoms with Crippen molar-refractivity contribution in [2.45, 2.75) is 25.7 Å². The van der Waals surface area contributed by atoms with Crippen molar-refractivity contribution in [3.05, 3.63) is 117 Å². The summed E-state index contributed by atoms with van der Waals surface area (Å²) >= 11 is 6.39. The molecule has 0 aliphatic rings. The normalized spacial score (nSPS) is 11.3. The second kappa shape index (κ2) is 13.1. The number of hydrogen-bond acceptors (Lipinski definition) is 2. The number of aromatic nitrogens is 3. The Balaban J connectivity index is 0.000000204. The van der Waals surface area contributed by atoms with Gasteiger partial charge in [-0.2, -0.15) is 14.5 Å². The summed E-state index contributed by atoms with van der Waals surface area (Å²) in [5.41, 5.74) is 2.80. The van der Waals surface area contributed by atoms with E-state index in [1.165, 1.54) is 23.3 Å². The summed E-state index contributed by atoms with van der Waals surface area (Å²) < 4.78 is 41.4. The molecule has 0 atom stereocenters. The van der Waals surface area contributed by atoms with Crippen LogP contribution in [0.15, 0.2) is 84.9 Å². The molecule has 0 amide bonds. The molecule has 0 radical (unpaired) electrons. The SMILES string of the molecule is FC(F)(F)c1ccc(CN(I)I)cc1.[Pt]=[c]1nc(Cc2ccccc2)[nH]n1Cc1ccccc1. The Bertz CT molecular complexity index is 1210. The van der Waals surface area contributed by atoms with Crippen LogP contribution in [0.1, 0.15) is 28.1 Å². The fraction of sp³-hybridized carbons (Fsp3) is 0.167. The van der Waals surface area contributed by atoms with Crippen molar-refractivity contribution in [1.82, 2.24) is 16.1 Å². The number of aromatic amines is 1. The van der Waals surface area contributed by atoms with Crippen LogP contribution in [0.2, 0.25) is 0 Å². The fourth-order valence-electron chi connectivity index (χ4n) is 3.06. The van der Waals surface area contributed by atoms with E-state index in [1.54, 1.807) is 0 Å². The molecule has 3 aromatic carbocycles. The molecule has 0 aliphatic carbocycles. The summed E-state index contributed by atoms with van der Waals surface area (Å²) in [5, 5.41) is 3.38. The zero-order valence-corrected chi connectivity index (χ0v) is 24.3. The topological polar surface area (TPSA) is 36.9 Å². The first kappa shape index (κ1) is 27.3. The summed E-state index contributed by atoms with van der Waals surface area (Å²) in [6.07, 6.45) is -3.41. The van der Waals surface area contributed by atoms with Gasteiger partial charge in [0.25, 0.3) is 0 Å². The maximum atomic E-state index is 12.2. The van der Waals surface area contributed by atoms with Crippen LogP contribution in [0.3, 0.4) is 0 Å². The standard InChI is InChI=1S/C16H15N3.C8H6F3I2N.Pt/c1-3-7-14(8-4-1)11-16-17-13-19(18-16)12-15-9-5-2-6-10-15;9-8(10,11)7-3-1-6(2-4-7)5-14(12)13;/h1-10H,11-12H2,(H,17,18);1-4H,5H2;. The Hall–Kier alpha value is -1.30. The number of nitrogens with one attached hydrogen (secondary N) is 1. The molecule has 0 saturated carbocycles. The molecule has 1 aromatic heterocycles. The maximum absolute atomic E-state index is 12.2. The molecule has 4 nitrogen and oxygen atoms in total. The van der Waals surface area contributed by atoms with Gasteiger partial charge in [-0.1, -0.05) is 12.1 Å². The third-order valence-electron chi connectivity index (χ3n) is 4.67. The predicted octanol–water partition coefficient (Wildman–Crippen LogP) is 7.14. The summed E-state index contributed by atoms with van der Waals surface area (Å²) in [6, 6.07) is 26.0. The Labute approximate surface area is 235 Å². The number of H-pyrrole nitrogens is 1. The number of benzene rings is 3. The third-order valence-corrected chi connectivity index (χ3v) is 6.22. The van der Waals surface area contributed by atoms with Gasteiger partial charge in [0.1, 0.15) is 0 Å². The van der Waals surface area contributed by atoms with Crippen LogP contribution in [0.5, 0.6) is 0 Å². The molecule has 4 aromatic rings. The predicted molar refractivity (Wildman–Crippen MR) is 140 cm³/mol. The van der Waals surface area contributed by atoms with Gasteiger partial charge >= 0.3 is 135 Å². The Morgan fingerprint density at radius 3 is 1.91 bits per heavy atom. The van der Waals surface area contributed by atoms with E-state index < -0.39 is 11.7 Å². The van der Waals surface area contributed by atoms with Gasteiger partial charge in [-0.25, -0.2) is 0 Å². The van der Waals surface area contributed by atoms with Gasteiger partial charge in [0.15, 0.2) is 0 Å². The van der Waals surface area contributed by atoms with Crippen molar-refractivity contribution in [2.75, 3.05) is 0 Å². The fourth-order valence-corrected chi connectivity index (χ4v) is 4.46. The summed E-state index contributed by atoms with van der Waals surface area (Å²) in [4.78, 5) is 4.60. The van der Waals surface area contributed by atoms with Gasteiger partial charge in [-0.05, 0) is 17.7 Å². The zero-order chi connectivity index (χ0) is 24.6. The van der Waals surface area contributed by atoms with Gasteiger partial charge in [0.05, 0.1) is 5.56 Å². The molecule has 0 fully saturated rings. The number of halogens is 5. The van der Waals surface area contributed by atoms with Gasteiger partial charge in [-0.15, -0.1) is 0 Å². The molecule has 1 N–H and O–H groups in total. The van der Waals surface area contributed by atoms with Gasteiger partial charge < -0.3 is 0 Å². The minimum absolute atomic E-state index is 0.602. The third kappa shape index (κ3) is 9.05. The van der Waals surface area contributed by atoms with Gasteiger partial charge in [0, 0.05) is 52.3 Å². The van der Waals surface area contributed by atoms with E-state index in [4.69, 9.17) is 0 Å². The van der Waals surface area contributed by atoms with E-state index >= 15 is 0 Å². The van der Waals surface area contributed by atoms with Crippen LogP contribution in [-0.2, 0) is 45.0 Å². The van der Waals surface area contributed by atoms with Crippen LogP contribution in [-0.4, -0.2) is 16.1 Å². The second-order valence-corrected chi connectivity index (χ2v) is 12.5. The molecule has 4 rings (SSSR count). The van der Waals surface area contributed by atoms with Crippen molar-refractivity contribution in [1.29, 1.82) is 0 Å². The number of hydrogen-bond donors (Lipinski definition) is 1. The molecule has 0 bridgehead atoms. The average Bonchev–Trinajstić information content (AvgIpc) is 3.13. The van der Waals surface area contributed by atoms with Crippen molar-refractivity contribution in [3.8, 4) is 0 Å². The molecule has 182 valence electrons. The Morgan fingerprint density at radius 1 is 0.824 bits per heavy atom. The monoisotopic (exact) mass is 871 g/mol. The van der Waals surface area contributed by atoms with Crippen molar-refractivity contribution < 1.29 is 32.5 Å². The first-order chi connectivity index (χ1) is 16.2. The molecular weight excluding hydrogens is 850 g/mol. The van der Waals surface area contributed by atoms with E-state index in [0.29, 0.717) is 6.54 Å². The molecule has 0 unspecified atom stereocenters. The van der Waals surface area contributed by atoms with Gasteiger partial charge in [-0.3, -0.25) is 0 Å². The van der Waals surface area contributed by atoms with Crippen molar-refractivity contribution in [3.63, 3.8) is 0 Å². The molecule has 0 saturated heterocycles. The Kier molecular flexibility index (Phi) is 10.5. The van der Waals surface area contributed by atoms with Crippen molar-refractivity contribution in [2.24, 2.45) is 0 Å². The van der Waals surface area contributed by atoms with E-state index in [0.717, 1.165) is 40.3 Å². The van der Waals surface area contributed by atoms with Crippen LogP contribution in [0, 0.1) is 3.80 Å². The van der Waals surface area contributed by atoms with E-state index in [2.05, 4.69) is 128 Å². The summed E-state index contributed by atoms with van der Waals surface area (Å²) in [6.45, 7) is 1.45. The number of nitrogens with zero attached hydrogens (tertiary/aromatic N) is 3. The minimum atomic E-state index is -4.24. The van der Waals surface area contributed by atoms with E-state index in [-0.39, 0.29) is 0 Å². The molecule has 10 heteroatoms.